The Balaban J connectivity index is 2.90. The number of carbonyl (C=O) groups excluding carboxylic acids is 4. The first-order chi connectivity index (χ1) is 36.2. The molecule has 0 bridgehead atoms. The van der Waals surface area contributed by atoms with Crippen LogP contribution in [0.1, 0.15) is 285 Å². The van der Waals surface area contributed by atoms with Crippen molar-refractivity contribution in [1.29, 1.82) is 0 Å². The lowest BCUT2D eigenvalue weighted by molar-refractivity contribution is -0.239. The summed E-state index contributed by atoms with van der Waals surface area (Å²) in [7, 11) is 0. The topological polar surface area (TPSA) is 186 Å². The summed E-state index contributed by atoms with van der Waals surface area (Å²) in [5.41, 5.74) is -4.20. The van der Waals surface area contributed by atoms with Crippen LogP contribution in [0.4, 0.5) is 0 Å². The van der Waals surface area contributed by atoms with Crippen LogP contribution in [0.25, 0.3) is 0 Å². The Hall–Kier alpha value is -6.04. The Bertz CT molecular complexity index is 2470. The van der Waals surface area contributed by atoms with E-state index in [0.717, 1.165) is 0 Å². The Labute approximate surface area is 485 Å². The zero-order valence-corrected chi connectivity index (χ0v) is 54.5. The van der Waals surface area contributed by atoms with E-state index in [9.17, 15) is 39.6 Å². The van der Waals surface area contributed by atoms with Gasteiger partial charge in [0.1, 0.15) is 52.8 Å². The quantitative estimate of drug-likeness (QED) is 0.0778. The number of ether oxygens (including phenoxy) is 4. The van der Waals surface area contributed by atoms with E-state index >= 15 is 0 Å². The van der Waals surface area contributed by atoms with Gasteiger partial charge >= 0.3 is 23.9 Å². The smallest absolute Gasteiger partial charge is 0.303 e. The summed E-state index contributed by atoms with van der Waals surface area (Å²) in [6.45, 7) is 51.4. The maximum atomic E-state index is 14.8. The second-order valence-corrected chi connectivity index (χ2v) is 30.8. The summed E-state index contributed by atoms with van der Waals surface area (Å²) in [5, 5.41) is 50.0. The molecule has 448 valence electrons. The predicted molar refractivity (Wildman–Crippen MR) is 322 cm³/mol. The van der Waals surface area contributed by atoms with Crippen LogP contribution in [0.3, 0.4) is 0 Å². The Morgan fingerprint density at radius 1 is 0.272 bits per heavy atom. The standard InChI is InChI=1S/C69H100O12/c1-37(70)78-57(41-29-45(61(5,6)7)53(74)46(30-41)62(8,9)10)69(58(79-38(2)71)42-31-47(63(11,12)13)54(75)48(32-42)64(14,15)16,59(80-39(3)72)43-33-49(65(17,18)19)55(76)50(34-43)66(20,21)22)60(81-40(4)73)44-35-51(67(23,24)25)56(77)52(36-44)68(26,27)28/h29-36,57-60,74-77H,1-28H3. The molecular formula is C69H100O12. The minimum atomic E-state index is -2.47. The van der Waals surface area contributed by atoms with Crippen LogP contribution in [-0.4, -0.2) is 44.3 Å². The highest BCUT2D eigenvalue weighted by Gasteiger charge is 2.66. The highest BCUT2D eigenvalue weighted by molar-refractivity contribution is 5.71. The fourth-order valence-electron chi connectivity index (χ4n) is 11.1. The van der Waals surface area contributed by atoms with E-state index < -0.39 is 97.0 Å². The molecule has 0 radical (unpaired) electrons. The second kappa shape index (κ2) is 22.6. The number of aromatic hydroxyl groups is 4. The molecule has 0 saturated carbocycles. The van der Waals surface area contributed by atoms with Crippen LogP contribution in [0.5, 0.6) is 23.0 Å². The number of phenolic OH excluding ortho intramolecular Hbond substituents is 4. The van der Waals surface area contributed by atoms with Gasteiger partial charge < -0.3 is 39.4 Å². The average Bonchev–Trinajstić information content (AvgIpc) is 3.24. The van der Waals surface area contributed by atoms with Gasteiger partial charge in [0.2, 0.25) is 0 Å². The highest BCUT2D eigenvalue weighted by atomic mass is 16.6. The van der Waals surface area contributed by atoms with Crippen molar-refractivity contribution in [2.75, 3.05) is 0 Å². The third-order valence-corrected chi connectivity index (χ3v) is 15.2. The summed E-state index contributed by atoms with van der Waals surface area (Å²) >= 11 is 0. The van der Waals surface area contributed by atoms with Gasteiger partial charge in [-0.3, -0.25) is 19.2 Å². The highest BCUT2D eigenvalue weighted by Crippen LogP contribution is 2.67. The van der Waals surface area contributed by atoms with Crippen molar-refractivity contribution in [3.63, 3.8) is 0 Å². The van der Waals surface area contributed by atoms with Gasteiger partial charge in [-0.2, -0.15) is 0 Å². The van der Waals surface area contributed by atoms with E-state index in [0.29, 0.717) is 44.5 Å². The molecule has 81 heavy (non-hydrogen) atoms. The minimum absolute atomic E-state index is 0.00921. The van der Waals surface area contributed by atoms with Gasteiger partial charge in [0.05, 0.1) is 0 Å². The zero-order valence-electron chi connectivity index (χ0n) is 54.5. The van der Waals surface area contributed by atoms with Gasteiger partial charge in [-0.05, 0) is 159 Å². The van der Waals surface area contributed by atoms with Crippen LogP contribution in [-0.2, 0) is 81.4 Å². The molecule has 0 fully saturated rings. The van der Waals surface area contributed by atoms with Crippen molar-refractivity contribution in [2.24, 2.45) is 5.41 Å². The number of esters is 4. The molecule has 12 nitrogen and oxygen atoms in total. The minimum Gasteiger partial charge on any atom is -0.507 e. The largest absolute Gasteiger partial charge is 0.507 e. The number of hydrogen-bond donors (Lipinski definition) is 4. The van der Waals surface area contributed by atoms with Crippen molar-refractivity contribution in [1.82, 2.24) is 0 Å². The lowest BCUT2D eigenvalue weighted by atomic mass is 9.59. The molecule has 0 saturated heterocycles. The zero-order chi connectivity index (χ0) is 62.8. The molecular weight excluding hydrogens is 1020 g/mol. The molecule has 4 aromatic rings. The Kier molecular flexibility index (Phi) is 18.8. The SMILES string of the molecule is CC(=O)OC(c1cc(C(C)(C)C)c(O)c(C(C)(C)C)c1)C(C(OC(C)=O)c1cc(C(C)(C)C)c(O)c(C(C)(C)C)c1)(C(OC(C)=O)c1cc(C(C)(C)C)c(O)c(C(C)(C)C)c1)C(OC(C)=O)c1cc(C(C)(C)C)c(O)c(C(C)(C)C)c1. The molecule has 0 aliphatic carbocycles. The monoisotopic (exact) mass is 1120 g/mol. The summed E-state index contributed by atoms with van der Waals surface area (Å²) in [5.74, 6) is -3.37. The first-order valence-electron chi connectivity index (χ1n) is 28.4. The summed E-state index contributed by atoms with van der Waals surface area (Å²) < 4.78 is 28.2. The molecule has 4 rings (SSSR count). The molecule has 4 unspecified atom stereocenters. The molecule has 12 heteroatoms. The summed E-state index contributed by atoms with van der Waals surface area (Å²) in [4.78, 5) is 59.2. The lowest BCUT2D eigenvalue weighted by Crippen LogP contribution is -2.51. The lowest BCUT2D eigenvalue weighted by Gasteiger charge is -2.52. The molecule has 4 aromatic carbocycles. The molecule has 4 atom stereocenters. The maximum Gasteiger partial charge on any atom is 0.303 e. The molecule has 0 aromatic heterocycles. The van der Waals surface area contributed by atoms with Gasteiger partial charge in [-0.25, -0.2) is 0 Å². The van der Waals surface area contributed by atoms with E-state index in [1.165, 1.54) is 27.7 Å². The van der Waals surface area contributed by atoms with Crippen LogP contribution >= 0.6 is 0 Å². The fraction of sp³-hybridized carbons (Fsp3) is 0.594. The number of phenols is 4. The number of rotatable bonds is 12. The molecule has 0 spiro atoms. The predicted octanol–water partition coefficient (Wildman–Crippen LogP) is 16.4. The van der Waals surface area contributed by atoms with E-state index in [1.807, 2.05) is 166 Å². The van der Waals surface area contributed by atoms with Gasteiger partial charge in [0.15, 0.2) is 0 Å². The van der Waals surface area contributed by atoms with Crippen molar-refractivity contribution in [3.05, 3.63) is 115 Å². The second-order valence-electron chi connectivity index (χ2n) is 30.8. The van der Waals surface area contributed by atoms with Gasteiger partial charge in [-0.15, -0.1) is 0 Å². The van der Waals surface area contributed by atoms with E-state index in [-0.39, 0.29) is 45.3 Å². The van der Waals surface area contributed by atoms with Crippen molar-refractivity contribution in [2.45, 2.75) is 262 Å². The third kappa shape index (κ3) is 14.6. The van der Waals surface area contributed by atoms with Crippen molar-refractivity contribution in [3.8, 4) is 23.0 Å². The van der Waals surface area contributed by atoms with Crippen LogP contribution in [0.2, 0.25) is 0 Å². The molecule has 0 heterocycles. The van der Waals surface area contributed by atoms with Crippen molar-refractivity contribution >= 4 is 23.9 Å². The Morgan fingerprint density at radius 2 is 0.383 bits per heavy atom. The fourth-order valence-corrected chi connectivity index (χ4v) is 11.1. The average molecular weight is 1120 g/mol. The van der Waals surface area contributed by atoms with Gasteiger partial charge in [0, 0.05) is 27.7 Å². The third-order valence-electron chi connectivity index (χ3n) is 15.2. The molecule has 0 aliphatic rings. The summed E-state index contributed by atoms with van der Waals surface area (Å²) in [6, 6.07) is 13.9. The summed E-state index contributed by atoms with van der Waals surface area (Å²) in [6.07, 6.45) is -7.24. The molecule has 0 amide bonds. The van der Waals surface area contributed by atoms with Crippen LogP contribution in [0, 0.1) is 5.41 Å². The van der Waals surface area contributed by atoms with Gasteiger partial charge in [0.25, 0.3) is 0 Å². The maximum absolute atomic E-state index is 14.8. The normalized spacial score (nSPS) is 15.5. The molecule has 0 aliphatic heterocycles. The van der Waals surface area contributed by atoms with Gasteiger partial charge in [-0.1, -0.05) is 166 Å². The van der Waals surface area contributed by atoms with Crippen LogP contribution in [0.15, 0.2) is 48.5 Å². The van der Waals surface area contributed by atoms with E-state index in [2.05, 4.69) is 0 Å². The van der Waals surface area contributed by atoms with E-state index in [1.54, 1.807) is 48.5 Å². The molecule has 4 N–H and O–H groups in total. The number of carbonyl (C=O) groups is 4. The first-order valence-corrected chi connectivity index (χ1v) is 28.4. The number of hydrogen-bond acceptors (Lipinski definition) is 12. The number of benzene rings is 4. The Morgan fingerprint density at radius 3 is 0.469 bits per heavy atom. The van der Waals surface area contributed by atoms with Crippen molar-refractivity contribution < 1.29 is 58.6 Å². The first kappa shape index (κ1) is 67.5. The van der Waals surface area contributed by atoms with E-state index in [4.69, 9.17) is 18.9 Å². The van der Waals surface area contributed by atoms with Crippen LogP contribution < -0.4 is 0 Å².